The molecule has 40 heavy (non-hydrogen) atoms. The van der Waals surface area contributed by atoms with Gasteiger partial charge in [0.25, 0.3) is 0 Å². The predicted molar refractivity (Wildman–Crippen MR) is 159 cm³/mol. The van der Waals surface area contributed by atoms with Crippen molar-refractivity contribution in [2.45, 2.75) is 65.0 Å². The molecule has 1 aromatic heterocycles. The van der Waals surface area contributed by atoms with Crippen molar-refractivity contribution in [1.82, 2.24) is 9.88 Å². The molecular weight excluding hydrogens is 502 g/mol. The molecule has 1 aliphatic heterocycles. The van der Waals surface area contributed by atoms with E-state index in [1.54, 1.807) is 13.3 Å². The van der Waals surface area contributed by atoms with Gasteiger partial charge in [0.1, 0.15) is 11.5 Å². The van der Waals surface area contributed by atoms with Crippen molar-refractivity contribution in [3.8, 4) is 11.5 Å². The smallest absolute Gasteiger partial charge is 0.166 e. The third-order valence-electron chi connectivity index (χ3n) is 8.33. The van der Waals surface area contributed by atoms with Crippen molar-refractivity contribution in [1.29, 1.82) is 0 Å². The van der Waals surface area contributed by atoms with Gasteiger partial charge < -0.3 is 24.8 Å². The SMILES string of the molecule is CCCCN1CCC(COc2cc3c(NCc4ccc(OC)cc4)c(C(=O)CC4CC4)cnc3cc2CO)CC1. The number of rotatable bonds is 14. The van der Waals surface area contributed by atoms with Gasteiger partial charge in [0, 0.05) is 30.1 Å². The van der Waals surface area contributed by atoms with Crippen LogP contribution in [-0.2, 0) is 13.2 Å². The Morgan fingerprint density at radius 3 is 2.55 bits per heavy atom. The molecule has 7 nitrogen and oxygen atoms in total. The maximum absolute atomic E-state index is 13.3. The number of aliphatic hydroxyl groups is 1. The minimum atomic E-state index is -0.126. The molecule has 2 heterocycles. The van der Waals surface area contributed by atoms with Crippen LogP contribution < -0.4 is 14.8 Å². The molecule has 2 aromatic carbocycles. The number of carbonyl (C=O) groups is 1. The van der Waals surface area contributed by atoms with Gasteiger partial charge in [0.15, 0.2) is 5.78 Å². The van der Waals surface area contributed by atoms with E-state index < -0.39 is 0 Å². The van der Waals surface area contributed by atoms with Crippen LogP contribution in [0.5, 0.6) is 11.5 Å². The quantitative estimate of drug-likeness (QED) is 0.233. The number of ether oxygens (including phenoxy) is 2. The molecule has 0 unspecified atom stereocenters. The van der Waals surface area contributed by atoms with Crippen LogP contribution in [-0.4, -0.2) is 54.1 Å². The molecule has 0 atom stereocenters. The van der Waals surface area contributed by atoms with Crippen LogP contribution >= 0.6 is 0 Å². The number of nitrogens with one attached hydrogen (secondary N) is 1. The molecule has 3 aromatic rings. The van der Waals surface area contributed by atoms with E-state index in [0.29, 0.717) is 42.7 Å². The number of piperidine rings is 1. The number of ketones is 1. The molecule has 0 spiro atoms. The lowest BCUT2D eigenvalue weighted by Gasteiger charge is -2.31. The fourth-order valence-electron chi connectivity index (χ4n) is 5.52. The van der Waals surface area contributed by atoms with Crippen molar-refractivity contribution in [3.05, 3.63) is 59.3 Å². The lowest BCUT2D eigenvalue weighted by molar-refractivity contribution is 0.0976. The number of carbonyl (C=O) groups excluding carboxylic acids is 1. The molecule has 7 heteroatoms. The number of Topliss-reactive ketones (excluding diaryl/α,β-unsaturated/α-hetero) is 1. The van der Waals surface area contributed by atoms with E-state index in [0.717, 1.165) is 72.2 Å². The van der Waals surface area contributed by atoms with Crippen LogP contribution in [0.25, 0.3) is 10.9 Å². The second kappa shape index (κ2) is 13.5. The maximum atomic E-state index is 13.3. The van der Waals surface area contributed by atoms with E-state index in [1.807, 2.05) is 36.4 Å². The van der Waals surface area contributed by atoms with Gasteiger partial charge in [0.05, 0.1) is 37.1 Å². The monoisotopic (exact) mass is 545 g/mol. The van der Waals surface area contributed by atoms with Crippen LogP contribution in [0, 0.1) is 11.8 Å². The van der Waals surface area contributed by atoms with Crippen LogP contribution in [0.4, 0.5) is 5.69 Å². The first kappa shape index (κ1) is 28.4. The molecule has 5 rings (SSSR count). The Morgan fingerprint density at radius 1 is 1.10 bits per heavy atom. The number of hydrogen-bond acceptors (Lipinski definition) is 7. The standard InChI is InChI=1S/C33H43N3O4/c1-3-4-13-36-14-11-25(12-15-36)22-40-32-18-28-30(17-26(32)21-37)34-20-29(31(38)16-23-5-6-23)33(28)35-19-24-7-9-27(39-2)10-8-24/h7-10,17-18,20,23,25,37H,3-6,11-16,19,21-22H2,1-2H3,(H,34,35). The first-order valence-corrected chi connectivity index (χ1v) is 14.9. The van der Waals surface area contributed by atoms with E-state index in [2.05, 4.69) is 22.1 Å². The summed E-state index contributed by atoms with van der Waals surface area (Å²) in [6, 6.07) is 11.8. The number of methoxy groups -OCH3 is 1. The summed E-state index contributed by atoms with van der Waals surface area (Å²) in [5, 5.41) is 14.5. The maximum Gasteiger partial charge on any atom is 0.166 e. The van der Waals surface area contributed by atoms with E-state index in [-0.39, 0.29) is 12.4 Å². The molecule has 2 aliphatic rings. The molecule has 214 valence electrons. The van der Waals surface area contributed by atoms with E-state index >= 15 is 0 Å². The van der Waals surface area contributed by atoms with Crippen molar-refractivity contribution >= 4 is 22.4 Å². The fourth-order valence-corrected chi connectivity index (χ4v) is 5.52. The average molecular weight is 546 g/mol. The summed E-state index contributed by atoms with van der Waals surface area (Å²) in [7, 11) is 1.66. The van der Waals surface area contributed by atoms with Gasteiger partial charge in [-0.3, -0.25) is 9.78 Å². The number of likely N-dealkylation sites (tertiary alicyclic amines) is 1. The Kier molecular flexibility index (Phi) is 9.55. The Hall–Kier alpha value is -3.16. The number of aliphatic hydroxyl groups excluding tert-OH is 1. The number of nitrogens with zero attached hydrogens (tertiary/aromatic N) is 2. The van der Waals surface area contributed by atoms with E-state index in [1.165, 1.54) is 19.4 Å². The van der Waals surface area contributed by atoms with Gasteiger partial charge in [-0.05, 0) is 93.4 Å². The molecular formula is C33H43N3O4. The zero-order valence-corrected chi connectivity index (χ0v) is 24.0. The summed E-state index contributed by atoms with van der Waals surface area (Å²) in [4.78, 5) is 20.5. The summed E-state index contributed by atoms with van der Waals surface area (Å²) < 4.78 is 11.7. The van der Waals surface area contributed by atoms with Gasteiger partial charge in [-0.1, -0.05) is 25.5 Å². The first-order chi connectivity index (χ1) is 19.6. The fraction of sp³-hybridized carbons (Fsp3) is 0.515. The minimum absolute atomic E-state index is 0.123. The Labute approximate surface area is 237 Å². The van der Waals surface area contributed by atoms with E-state index in [4.69, 9.17) is 9.47 Å². The van der Waals surface area contributed by atoms with Crippen molar-refractivity contribution in [2.75, 3.05) is 38.7 Å². The number of pyridine rings is 1. The number of anilines is 1. The van der Waals surface area contributed by atoms with Crippen LogP contribution in [0.3, 0.4) is 0 Å². The zero-order valence-electron chi connectivity index (χ0n) is 24.0. The zero-order chi connectivity index (χ0) is 27.9. The second-order valence-electron chi connectivity index (χ2n) is 11.4. The number of unbranched alkanes of at least 4 members (excludes halogenated alkanes) is 1. The van der Waals surface area contributed by atoms with Gasteiger partial charge in [-0.15, -0.1) is 0 Å². The van der Waals surface area contributed by atoms with Gasteiger partial charge in [-0.25, -0.2) is 0 Å². The van der Waals surface area contributed by atoms with Gasteiger partial charge >= 0.3 is 0 Å². The van der Waals surface area contributed by atoms with Crippen molar-refractivity contribution in [2.24, 2.45) is 11.8 Å². The van der Waals surface area contributed by atoms with Crippen molar-refractivity contribution in [3.63, 3.8) is 0 Å². The highest BCUT2D eigenvalue weighted by atomic mass is 16.5. The van der Waals surface area contributed by atoms with Crippen LogP contribution in [0.1, 0.15) is 73.4 Å². The Bertz CT molecular complexity index is 1280. The predicted octanol–water partition coefficient (Wildman–Crippen LogP) is 6.22. The van der Waals surface area contributed by atoms with Gasteiger partial charge in [0.2, 0.25) is 0 Å². The Morgan fingerprint density at radius 2 is 1.88 bits per heavy atom. The topological polar surface area (TPSA) is 83.9 Å². The molecule has 2 fully saturated rings. The second-order valence-corrected chi connectivity index (χ2v) is 11.4. The normalized spacial score (nSPS) is 16.3. The molecule has 0 radical (unpaired) electrons. The third kappa shape index (κ3) is 7.12. The van der Waals surface area contributed by atoms with Crippen LogP contribution in [0.2, 0.25) is 0 Å². The molecule has 0 amide bonds. The summed E-state index contributed by atoms with van der Waals surface area (Å²) in [6.07, 6.45) is 9.23. The lowest BCUT2D eigenvalue weighted by atomic mass is 9.97. The van der Waals surface area contributed by atoms with Gasteiger partial charge in [-0.2, -0.15) is 0 Å². The number of benzene rings is 2. The number of hydrogen-bond donors (Lipinski definition) is 2. The highest BCUT2D eigenvalue weighted by molar-refractivity contribution is 6.08. The summed E-state index contributed by atoms with van der Waals surface area (Å²) in [5.41, 5.74) is 3.94. The highest BCUT2D eigenvalue weighted by Crippen LogP contribution is 2.37. The first-order valence-electron chi connectivity index (χ1n) is 14.9. The molecule has 1 aliphatic carbocycles. The summed E-state index contributed by atoms with van der Waals surface area (Å²) >= 11 is 0. The highest BCUT2D eigenvalue weighted by Gasteiger charge is 2.27. The third-order valence-corrected chi connectivity index (χ3v) is 8.33. The number of aromatic nitrogens is 1. The molecule has 0 bridgehead atoms. The Balaban J connectivity index is 1.38. The summed E-state index contributed by atoms with van der Waals surface area (Å²) in [5.74, 6) is 2.59. The molecule has 1 saturated heterocycles. The van der Waals surface area contributed by atoms with E-state index in [9.17, 15) is 9.90 Å². The minimum Gasteiger partial charge on any atom is -0.497 e. The summed E-state index contributed by atoms with van der Waals surface area (Å²) in [6.45, 7) is 6.72. The average Bonchev–Trinajstić information content (AvgIpc) is 3.81. The van der Waals surface area contributed by atoms with Crippen molar-refractivity contribution < 1.29 is 19.4 Å². The largest absolute Gasteiger partial charge is 0.497 e. The molecule has 1 saturated carbocycles. The van der Waals surface area contributed by atoms with Crippen LogP contribution in [0.15, 0.2) is 42.6 Å². The molecule has 2 N–H and O–H groups in total. The lowest BCUT2D eigenvalue weighted by Crippen LogP contribution is -2.36. The number of fused-ring (bicyclic) bond motifs is 1.